The van der Waals surface area contributed by atoms with Gasteiger partial charge >= 0.3 is 0 Å². The van der Waals surface area contributed by atoms with Crippen LogP contribution in [-0.2, 0) is 17.9 Å². The summed E-state index contributed by atoms with van der Waals surface area (Å²) in [4.78, 5) is 28.0. The van der Waals surface area contributed by atoms with Gasteiger partial charge < -0.3 is 18.9 Å². The molecular weight excluding hydrogens is 444 g/mol. The molecule has 0 bridgehead atoms. The number of anilines is 1. The van der Waals surface area contributed by atoms with Crippen LogP contribution in [0.5, 0.6) is 11.5 Å². The fourth-order valence-corrected chi connectivity index (χ4v) is 4.01. The van der Waals surface area contributed by atoms with Crippen LogP contribution in [0, 0.1) is 0 Å². The Morgan fingerprint density at radius 2 is 1.96 bits per heavy atom. The Balaban J connectivity index is 1.66. The lowest BCUT2D eigenvalue weighted by atomic mass is 10.2. The minimum atomic E-state index is -0.227. The van der Waals surface area contributed by atoms with Crippen LogP contribution in [0.2, 0.25) is 0 Å². The fourth-order valence-electron chi connectivity index (χ4n) is 2.94. The van der Waals surface area contributed by atoms with Crippen molar-refractivity contribution in [3.05, 3.63) is 73.7 Å². The number of pyridine rings is 1. The minimum absolute atomic E-state index is 0.0574. The lowest BCUT2D eigenvalue weighted by Crippen LogP contribution is -2.36. The summed E-state index contributed by atoms with van der Waals surface area (Å²) in [6.45, 7) is 1.34. The molecule has 3 aromatic rings. The lowest BCUT2D eigenvalue weighted by Gasteiger charge is -2.25. The third-order valence-corrected chi connectivity index (χ3v) is 5.62. The summed E-state index contributed by atoms with van der Waals surface area (Å²) >= 11 is 4.92. The second-order valence-corrected chi connectivity index (χ2v) is 8.15. The quantitative estimate of drug-likeness (QED) is 0.582. The van der Waals surface area contributed by atoms with Crippen molar-refractivity contribution in [3.63, 3.8) is 0 Å². The molecule has 0 fully saturated rings. The standard InChI is InChI=1S/C20H17BrN2O4S/c21-14-3-6-19(24)22(11-14)13-20(25)23(12-16-2-1-9-28-16)15-4-5-17-18(10-15)27-8-7-26-17/h1-6,9-11H,7-8,12-13H2. The van der Waals surface area contributed by atoms with Crippen molar-refractivity contribution in [1.82, 2.24) is 4.57 Å². The number of amides is 1. The highest BCUT2D eigenvalue weighted by molar-refractivity contribution is 9.10. The Labute approximate surface area is 174 Å². The van der Waals surface area contributed by atoms with Gasteiger partial charge in [-0.1, -0.05) is 6.07 Å². The van der Waals surface area contributed by atoms with Crippen molar-refractivity contribution in [3.8, 4) is 11.5 Å². The molecule has 1 aromatic carbocycles. The van der Waals surface area contributed by atoms with Crippen LogP contribution >= 0.6 is 27.3 Å². The maximum Gasteiger partial charge on any atom is 0.251 e. The molecule has 0 saturated carbocycles. The van der Waals surface area contributed by atoms with Crippen LogP contribution in [0.1, 0.15) is 4.88 Å². The van der Waals surface area contributed by atoms with E-state index in [0.29, 0.717) is 36.9 Å². The number of hydrogen-bond acceptors (Lipinski definition) is 5. The number of rotatable bonds is 5. The first kappa shape index (κ1) is 18.8. The lowest BCUT2D eigenvalue weighted by molar-refractivity contribution is -0.119. The SMILES string of the molecule is O=C(Cn1cc(Br)ccc1=O)N(Cc1cccs1)c1ccc2c(c1)OCCO2. The number of thiophene rings is 1. The minimum Gasteiger partial charge on any atom is -0.486 e. The molecule has 1 aliphatic heterocycles. The summed E-state index contributed by atoms with van der Waals surface area (Å²) in [6.07, 6.45) is 1.62. The highest BCUT2D eigenvalue weighted by atomic mass is 79.9. The van der Waals surface area contributed by atoms with Crippen LogP contribution in [-0.4, -0.2) is 23.7 Å². The Bertz CT molecular complexity index is 1050. The predicted octanol–water partition coefficient (Wildman–Crippen LogP) is 3.68. The van der Waals surface area contributed by atoms with Gasteiger partial charge in [0.05, 0.1) is 6.54 Å². The summed E-state index contributed by atoms with van der Waals surface area (Å²) in [6, 6.07) is 12.5. The molecule has 2 aromatic heterocycles. The highest BCUT2D eigenvalue weighted by Crippen LogP contribution is 2.34. The molecule has 0 unspecified atom stereocenters. The van der Waals surface area contributed by atoms with Gasteiger partial charge in [-0.05, 0) is 45.6 Å². The van der Waals surface area contributed by atoms with Crippen LogP contribution in [0.15, 0.2) is 63.3 Å². The van der Waals surface area contributed by atoms with Crippen LogP contribution in [0.25, 0.3) is 0 Å². The van der Waals surface area contributed by atoms with Crippen molar-refractivity contribution < 1.29 is 14.3 Å². The number of hydrogen-bond donors (Lipinski definition) is 0. The molecule has 3 heterocycles. The third kappa shape index (κ3) is 4.13. The zero-order valence-corrected chi connectivity index (χ0v) is 17.2. The molecule has 0 atom stereocenters. The molecule has 6 nitrogen and oxygen atoms in total. The number of halogens is 1. The topological polar surface area (TPSA) is 60.8 Å². The summed E-state index contributed by atoms with van der Waals surface area (Å²) in [5.74, 6) is 1.10. The van der Waals surface area contributed by atoms with Gasteiger partial charge in [0, 0.05) is 33.4 Å². The molecule has 28 heavy (non-hydrogen) atoms. The molecule has 0 saturated heterocycles. The third-order valence-electron chi connectivity index (χ3n) is 4.29. The molecule has 0 aliphatic carbocycles. The monoisotopic (exact) mass is 460 g/mol. The maximum absolute atomic E-state index is 13.2. The Morgan fingerprint density at radius 3 is 2.75 bits per heavy atom. The molecule has 1 amide bonds. The van der Waals surface area contributed by atoms with Crippen molar-refractivity contribution in [2.75, 3.05) is 18.1 Å². The van der Waals surface area contributed by atoms with Gasteiger partial charge in [0.15, 0.2) is 11.5 Å². The van der Waals surface area contributed by atoms with Gasteiger partial charge in [-0.25, -0.2) is 0 Å². The van der Waals surface area contributed by atoms with E-state index in [1.165, 1.54) is 10.6 Å². The summed E-state index contributed by atoms with van der Waals surface area (Å²) in [7, 11) is 0. The molecule has 1 aliphatic rings. The number of carbonyl (C=O) groups is 1. The van der Waals surface area contributed by atoms with Gasteiger partial charge in [-0.2, -0.15) is 0 Å². The predicted molar refractivity (Wildman–Crippen MR) is 111 cm³/mol. The maximum atomic E-state index is 13.2. The second kappa shape index (κ2) is 8.20. The summed E-state index contributed by atoms with van der Waals surface area (Å²) < 4.78 is 13.4. The van der Waals surface area contributed by atoms with Crippen LogP contribution in [0.4, 0.5) is 5.69 Å². The highest BCUT2D eigenvalue weighted by Gasteiger charge is 2.21. The molecule has 144 valence electrons. The fraction of sp³-hybridized carbons (Fsp3) is 0.200. The van der Waals surface area contributed by atoms with Crippen LogP contribution in [0.3, 0.4) is 0 Å². The Kier molecular flexibility index (Phi) is 5.50. The second-order valence-electron chi connectivity index (χ2n) is 6.20. The van der Waals surface area contributed by atoms with Crippen molar-refractivity contribution in [2.24, 2.45) is 0 Å². The van der Waals surface area contributed by atoms with E-state index in [9.17, 15) is 9.59 Å². The molecular formula is C20H17BrN2O4S. The van der Waals surface area contributed by atoms with Crippen molar-refractivity contribution >= 4 is 38.9 Å². The van der Waals surface area contributed by atoms with Crippen LogP contribution < -0.4 is 19.9 Å². The largest absolute Gasteiger partial charge is 0.486 e. The molecule has 8 heteroatoms. The van der Waals surface area contributed by atoms with E-state index in [0.717, 1.165) is 9.35 Å². The molecule has 0 radical (unpaired) electrons. The van der Waals surface area contributed by atoms with Gasteiger partial charge in [-0.3, -0.25) is 9.59 Å². The van der Waals surface area contributed by atoms with E-state index in [-0.39, 0.29) is 18.0 Å². The number of aromatic nitrogens is 1. The number of ether oxygens (including phenoxy) is 2. The zero-order chi connectivity index (χ0) is 19.5. The average molecular weight is 461 g/mol. The smallest absolute Gasteiger partial charge is 0.251 e. The number of benzene rings is 1. The van der Waals surface area contributed by atoms with Gasteiger partial charge in [0.25, 0.3) is 5.56 Å². The number of nitrogens with zero attached hydrogens (tertiary/aromatic N) is 2. The number of fused-ring (bicyclic) bond motifs is 1. The van der Waals surface area contributed by atoms with Gasteiger partial charge in [0.1, 0.15) is 19.8 Å². The van der Waals surface area contributed by atoms with E-state index >= 15 is 0 Å². The first-order valence-electron chi connectivity index (χ1n) is 8.68. The molecule has 4 rings (SSSR count). The van der Waals surface area contributed by atoms with E-state index < -0.39 is 0 Å². The van der Waals surface area contributed by atoms with E-state index in [1.54, 1.807) is 28.5 Å². The normalized spacial score (nSPS) is 12.6. The van der Waals surface area contributed by atoms with E-state index in [1.807, 2.05) is 35.7 Å². The Morgan fingerprint density at radius 1 is 1.14 bits per heavy atom. The average Bonchev–Trinajstić information content (AvgIpc) is 3.22. The van der Waals surface area contributed by atoms with E-state index in [4.69, 9.17) is 9.47 Å². The molecule has 0 N–H and O–H groups in total. The Hall–Kier alpha value is -2.58. The van der Waals surface area contributed by atoms with Crippen molar-refractivity contribution in [1.29, 1.82) is 0 Å². The first-order valence-corrected chi connectivity index (χ1v) is 10.4. The molecule has 0 spiro atoms. The van der Waals surface area contributed by atoms with Gasteiger partial charge in [-0.15, -0.1) is 11.3 Å². The summed E-state index contributed by atoms with van der Waals surface area (Å²) in [5.41, 5.74) is 0.473. The van der Waals surface area contributed by atoms with Gasteiger partial charge in [0.2, 0.25) is 5.91 Å². The summed E-state index contributed by atoms with van der Waals surface area (Å²) in [5, 5.41) is 1.97. The van der Waals surface area contributed by atoms with E-state index in [2.05, 4.69) is 15.9 Å². The first-order chi connectivity index (χ1) is 13.6. The zero-order valence-electron chi connectivity index (χ0n) is 14.8. The van der Waals surface area contributed by atoms with Crippen molar-refractivity contribution in [2.45, 2.75) is 13.1 Å². The number of carbonyl (C=O) groups excluding carboxylic acids is 1.